The number of benzene rings is 1. The number of fused-ring (bicyclic) bond motifs is 1. The maximum atomic E-state index is 13.6. The summed E-state index contributed by atoms with van der Waals surface area (Å²) in [7, 11) is -4.69. The van der Waals surface area contributed by atoms with E-state index in [2.05, 4.69) is 11.1 Å². The summed E-state index contributed by atoms with van der Waals surface area (Å²) in [5, 5.41) is 9.74. The minimum atomic E-state index is -3.96. The quantitative estimate of drug-likeness (QED) is 0.573. The van der Waals surface area contributed by atoms with Crippen LogP contribution in [0.25, 0.3) is 5.57 Å². The number of allylic oxidation sites excluding steroid dienone is 2. The van der Waals surface area contributed by atoms with Gasteiger partial charge in [-0.05, 0) is 49.5 Å². The molecule has 1 aliphatic heterocycles. The minimum absolute atomic E-state index is 0.00612. The highest BCUT2D eigenvalue weighted by Gasteiger charge is 2.39. The number of likely N-dealkylation sites (N-methyl/N-ethyl adjacent to an activating group) is 1. The number of aromatic nitrogens is 2. The molecule has 0 unspecified atom stereocenters. The fourth-order valence-electron chi connectivity index (χ4n) is 4.61. The van der Waals surface area contributed by atoms with Crippen molar-refractivity contribution in [3.8, 4) is 5.75 Å². The van der Waals surface area contributed by atoms with E-state index in [0.29, 0.717) is 0 Å². The van der Waals surface area contributed by atoms with Crippen molar-refractivity contribution in [1.82, 2.24) is 18.2 Å². The molecule has 36 heavy (non-hydrogen) atoms. The number of aliphatic hydroxyl groups excluding tert-OH is 1. The Morgan fingerprint density at radius 2 is 2.08 bits per heavy atom. The summed E-state index contributed by atoms with van der Waals surface area (Å²) in [6, 6.07) is 4.43. The minimum Gasteiger partial charge on any atom is -0.487 e. The lowest BCUT2D eigenvalue weighted by Gasteiger charge is -2.37. The molecule has 0 spiro atoms. The van der Waals surface area contributed by atoms with Crippen LogP contribution in [0.5, 0.6) is 5.75 Å². The first-order valence-corrected chi connectivity index (χ1v) is 14.9. The smallest absolute Gasteiger partial charge is 0.261 e. The molecule has 1 N–H and O–H groups in total. The number of nitrogens with zero attached hydrogens (tertiary/aromatic N) is 4. The SMILES string of the molecule is C[C@@H]1CN([C@H](C)CO)S(=O)(=O)c2ccc(C3=CCCC3)cc2O[C@H]1CN(C)S(=O)(=O)c1cn(C)cn1. The molecule has 12 heteroatoms. The highest BCUT2D eigenvalue weighted by Crippen LogP contribution is 2.37. The first-order chi connectivity index (χ1) is 16.9. The van der Waals surface area contributed by atoms with Crippen molar-refractivity contribution in [1.29, 1.82) is 0 Å². The molecule has 1 aliphatic carbocycles. The zero-order valence-electron chi connectivity index (χ0n) is 21.0. The molecule has 1 aromatic carbocycles. The number of hydrogen-bond donors (Lipinski definition) is 1. The summed E-state index contributed by atoms with van der Waals surface area (Å²) in [5.74, 6) is -0.187. The van der Waals surface area contributed by atoms with E-state index < -0.39 is 32.2 Å². The molecule has 3 atom stereocenters. The van der Waals surface area contributed by atoms with Crippen molar-refractivity contribution in [3.05, 3.63) is 42.4 Å². The largest absolute Gasteiger partial charge is 0.487 e. The predicted octanol–water partition coefficient (Wildman–Crippen LogP) is 2.08. The third kappa shape index (κ3) is 5.10. The number of ether oxygens (including phenoxy) is 1. The molecule has 2 aliphatic rings. The molecule has 1 aromatic heterocycles. The average Bonchev–Trinajstić information content (AvgIpc) is 3.53. The predicted molar refractivity (Wildman–Crippen MR) is 135 cm³/mol. The van der Waals surface area contributed by atoms with Gasteiger partial charge < -0.3 is 14.4 Å². The first kappa shape index (κ1) is 26.8. The topological polar surface area (TPSA) is 122 Å². The van der Waals surface area contributed by atoms with E-state index in [1.165, 1.54) is 28.2 Å². The molecular weight excluding hydrogens is 504 g/mol. The molecule has 2 aromatic rings. The lowest BCUT2D eigenvalue weighted by atomic mass is 10.0. The molecule has 2 heterocycles. The van der Waals surface area contributed by atoms with Crippen LogP contribution in [0.3, 0.4) is 0 Å². The maximum absolute atomic E-state index is 13.6. The van der Waals surface area contributed by atoms with Gasteiger partial charge >= 0.3 is 0 Å². The summed E-state index contributed by atoms with van der Waals surface area (Å²) in [6.07, 6.45) is 7.28. The molecule has 0 radical (unpaired) electrons. The van der Waals surface area contributed by atoms with Gasteiger partial charge in [-0.2, -0.15) is 8.61 Å². The molecule has 0 saturated heterocycles. The van der Waals surface area contributed by atoms with E-state index >= 15 is 0 Å². The van der Waals surface area contributed by atoms with Crippen LogP contribution in [0, 0.1) is 5.92 Å². The summed E-state index contributed by atoms with van der Waals surface area (Å²) in [4.78, 5) is 3.99. The van der Waals surface area contributed by atoms with E-state index in [-0.39, 0.29) is 41.3 Å². The van der Waals surface area contributed by atoms with Gasteiger partial charge in [0.2, 0.25) is 10.0 Å². The van der Waals surface area contributed by atoms with Gasteiger partial charge in [0.25, 0.3) is 10.0 Å². The lowest BCUT2D eigenvalue weighted by Crippen LogP contribution is -2.50. The van der Waals surface area contributed by atoms with E-state index in [1.807, 2.05) is 6.92 Å². The van der Waals surface area contributed by atoms with E-state index in [4.69, 9.17) is 4.74 Å². The third-order valence-corrected chi connectivity index (χ3v) is 10.6. The van der Waals surface area contributed by atoms with Crippen LogP contribution < -0.4 is 4.74 Å². The second kappa shape index (κ2) is 10.3. The molecule has 0 saturated carbocycles. The second-order valence-corrected chi connectivity index (χ2v) is 13.5. The fraction of sp³-hybridized carbons (Fsp3) is 0.542. The number of aliphatic hydroxyl groups is 1. The van der Waals surface area contributed by atoms with Crippen molar-refractivity contribution in [3.63, 3.8) is 0 Å². The molecule has 0 amide bonds. The van der Waals surface area contributed by atoms with Crippen molar-refractivity contribution in [2.75, 3.05) is 26.7 Å². The van der Waals surface area contributed by atoms with Crippen molar-refractivity contribution < 1.29 is 26.7 Å². The summed E-state index contributed by atoms with van der Waals surface area (Å²) >= 11 is 0. The summed E-state index contributed by atoms with van der Waals surface area (Å²) in [6.45, 7) is 3.20. The monoisotopic (exact) mass is 538 g/mol. The Morgan fingerprint density at radius 3 is 2.69 bits per heavy atom. The van der Waals surface area contributed by atoms with Gasteiger partial charge in [-0.15, -0.1) is 0 Å². The van der Waals surface area contributed by atoms with E-state index in [1.54, 1.807) is 36.7 Å². The van der Waals surface area contributed by atoms with Crippen LogP contribution in [-0.4, -0.2) is 79.0 Å². The highest BCUT2D eigenvalue weighted by atomic mass is 32.2. The molecular formula is C24H34N4O6S2. The Hall–Kier alpha value is -2.25. The number of rotatable bonds is 7. The van der Waals surface area contributed by atoms with Crippen molar-refractivity contribution >= 4 is 25.6 Å². The van der Waals surface area contributed by atoms with Gasteiger partial charge in [-0.25, -0.2) is 21.8 Å². The van der Waals surface area contributed by atoms with E-state index in [9.17, 15) is 21.9 Å². The van der Waals surface area contributed by atoms with Gasteiger partial charge in [0.1, 0.15) is 16.7 Å². The summed E-state index contributed by atoms with van der Waals surface area (Å²) < 4.78 is 63.9. The molecule has 198 valence electrons. The summed E-state index contributed by atoms with van der Waals surface area (Å²) in [5.41, 5.74) is 2.03. The zero-order valence-corrected chi connectivity index (χ0v) is 22.7. The number of sulfonamides is 2. The molecule has 0 bridgehead atoms. The van der Waals surface area contributed by atoms with Gasteiger partial charge in [-0.1, -0.05) is 19.1 Å². The second-order valence-electron chi connectivity index (χ2n) is 9.69. The first-order valence-electron chi connectivity index (χ1n) is 12.0. The van der Waals surface area contributed by atoms with Crippen molar-refractivity contribution in [2.24, 2.45) is 13.0 Å². The molecule has 0 fully saturated rings. The van der Waals surface area contributed by atoms with Crippen LogP contribution in [0.4, 0.5) is 0 Å². The fourth-order valence-corrected chi connectivity index (χ4v) is 7.58. The number of aryl methyl sites for hydroxylation is 1. The van der Waals surface area contributed by atoms with Crippen LogP contribution in [0.2, 0.25) is 0 Å². The number of imidazole rings is 1. The van der Waals surface area contributed by atoms with Crippen LogP contribution in [0.15, 0.2) is 46.7 Å². The Morgan fingerprint density at radius 1 is 1.33 bits per heavy atom. The van der Waals surface area contributed by atoms with Gasteiger partial charge in [-0.3, -0.25) is 0 Å². The lowest BCUT2D eigenvalue weighted by molar-refractivity contribution is 0.0904. The van der Waals surface area contributed by atoms with Gasteiger partial charge in [0.15, 0.2) is 5.03 Å². The Balaban J connectivity index is 1.74. The van der Waals surface area contributed by atoms with E-state index in [0.717, 1.165) is 30.4 Å². The molecule has 10 nitrogen and oxygen atoms in total. The normalized spacial score (nSPS) is 23.4. The Labute approximate surface area is 213 Å². The standard InChI is InChI=1S/C24H34N4O6S2/c1-17-12-28(18(2)15-29)35(30,31)23-10-9-20(19-7-5-6-8-19)11-21(23)34-22(17)13-27(4)36(32,33)24-14-26(3)16-25-24/h7,9-11,14,16-18,22,29H,5-6,8,12-13,15H2,1-4H3/t17-,18-,22+/m1/s1. The Bertz CT molecular complexity index is 1350. The average molecular weight is 539 g/mol. The van der Waals surface area contributed by atoms with Crippen LogP contribution in [-0.2, 0) is 27.1 Å². The third-order valence-electron chi connectivity index (χ3n) is 6.87. The zero-order chi connectivity index (χ0) is 26.3. The van der Waals surface area contributed by atoms with Gasteiger partial charge in [0.05, 0.1) is 19.5 Å². The van der Waals surface area contributed by atoms with Crippen LogP contribution in [0.1, 0.15) is 38.7 Å². The van der Waals surface area contributed by atoms with Crippen molar-refractivity contribution in [2.45, 2.75) is 55.2 Å². The molecule has 4 rings (SSSR count). The Kier molecular flexibility index (Phi) is 7.63. The highest BCUT2D eigenvalue weighted by molar-refractivity contribution is 7.89. The number of hydrogen-bond acceptors (Lipinski definition) is 7. The van der Waals surface area contributed by atoms with Crippen LogP contribution >= 0.6 is 0 Å². The van der Waals surface area contributed by atoms with Gasteiger partial charge in [0, 0.05) is 38.8 Å². The maximum Gasteiger partial charge on any atom is 0.261 e.